The molecule has 1 heterocycles. The van der Waals surface area contributed by atoms with E-state index < -0.39 is 11.7 Å². The minimum Gasteiger partial charge on any atom is -0.506 e. The van der Waals surface area contributed by atoms with Crippen LogP contribution in [0.25, 0.3) is 0 Å². The highest BCUT2D eigenvalue weighted by atomic mass is 16.6. The Morgan fingerprint density at radius 1 is 1.25 bits per heavy atom. The van der Waals surface area contributed by atoms with Gasteiger partial charge in [-0.25, -0.2) is 9.36 Å². The average Bonchev–Trinajstić information content (AvgIpc) is 2.28. The number of carbonyl (C=O) groups excluding carboxylic acids is 1. The first-order chi connectivity index (χ1) is 7.15. The van der Waals surface area contributed by atoms with Gasteiger partial charge in [0, 0.05) is 0 Å². The normalized spacial score (nSPS) is 11.6. The van der Waals surface area contributed by atoms with Crippen molar-refractivity contribution in [3.63, 3.8) is 0 Å². The number of ether oxygens (including phenoxy) is 1. The maximum absolute atomic E-state index is 11.7. The summed E-state index contributed by atoms with van der Waals surface area (Å²) in [4.78, 5) is 11.7. The molecule has 0 aliphatic carbocycles. The summed E-state index contributed by atoms with van der Waals surface area (Å²) in [6, 6.07) is 0. The molecule has 1 aromatic rings. The summed E-state index contributed by atoms with van der Waals surface area (Å²) < 4.78 is 6.06. The van der Waals surface area contributed by atoms with Gasteiger partial charge >= 0.3 is 6.09 Å². The van der Waals surface area contributed by atoms with Crippen molar-refractivity contribution in [2.45, 2.75) is 40.2 Å². The standard InChI is InChI=1S/C11H17NO4/c1-6-8(13)7(2)12(9(6)14)10(15)16-11(3,4)5/h13-14H,1-5H3. The molecule has 0 spiro atoms. The van der Waals surface area contributed by atoms with Crippen LogP contribution < -0.4 is 0 Å². The van der Waals surface area contributed by atoms with Gasteiger partial charge in [-0.2, -0.15) is 0 Å². The summed E-state index contributed by atoms with van der Waals surface area (Å²) in [5.74, 6) is -0.382. The molecule has 5 heteroatoms. The van der Waals surface area contributed by atoms with Crippen molar-refractivity contribution >= 4 is 6.09 Å². The van der Waals surface area contributed by atoms with Gasteiger partial charge in [-0.3, -0.25) is 0 Å². The van der Waals surface area contributed by atoms with E-state index in [0.717, 1.165) is 4.57 Å². The Hall–Kier alpha value is -1.65. The third kappa shape index (κ3) is 2.13. The van der Waals surface area contributed by atoms with E-state index in [1.807, 2.05) is 0 Å². The lowest BCUT2D eigenvalue weighted by atomic mass is 10.2. The topological polar surface area (TPSA) is 71.7 Å². The van der Waals surface area contributed by atoms with E-state index in [9.17, 15) is 15.0 Å². The largest absolute Gasteiger partial charge is 0.506 e. The number of rotatable bonds is 0. The molecule has 16 heavy (non-hydrogen) atoms. The van der Waals surface area contributed by atoms with Crippen molar-refractivity contribution in [2.24, 2.45) is 0 Å². The van der Waals surface area contributed by atoms with E-state index in [2.05, 4.69) is 0 Å². The first kappa shape index (κ1) is 12.4. The number of aromatic hydroxyl groups is 2. The lowest BCUT2D eigenvalue weighted by Gasteiger charge is -2.20. The Kier molecular flexibility index (Phi) is 2.90. The van der Waals surface area contributed by atoms with Gasteiger partial charge in [-0.15, -0.1) is 0 Å². The zero-order valence-corrected chi connectivity index (χ0v) is 10.2. The smallest absolute Gasteiger partial charge is 0.421 e. The summed E-state index contributed by atoms with van der Waals surface area (Å²) in [7, 11) is 0. The predicted molar refractivity (Wildman–Crippen MR) is 58.9 cm³/mol. The molecule has 0 amide bonds. The molecule has 0 radical (unpaired) electrons. The fraction of sp³-hybridized carbons (Fsp3) is 0.545. The highest BCUT2D eigenvalue weighted by molar-refractivity contribution is 5.76. The van der Waals surface area contributed by atoms with Crippen LogP contribution in [0.1, 0.15) is 32.0 Å². The van der Waals surface area contributed by atoms with Gasteiger partial charge in [-0.1, -0.05) is 0 Å². The number of carbonyl (C=O) groups is 1. The summed E-state index contributed by atoms with van der Waals surface area (Å²) in [5, 5.41) is 19.2. The Morgan fingerprint density at radius 2 is 1.75 bits per heavy atom. The number of hydrogen-bond acceptors (Lipinski definition) is 4. The molecule has 1 rings (SSSR count). The van der Waals surface area contributed by atoms with Gasteiger partial charge in [0.1, 0.15) is 11.4 Å². The van der Waals surface area contributed by atoms with E-state index in [1.165, 1.54) is 13.8 Å². The first-order valence-corrected chi connectivity index (χ1v) is 4.98. The Labute approximate surface area is 94.3 Å². The van der Waals surface area contributed by atoms with Crippen LogP contribution in [0.15, 0.2) is 0 Å². The summed E-state index contributed by atoms with van der Waals surface area (Å²) in [6.07, 6.45) is -0.703. The van der Waals surface area contributed by atoms with Crippen LogP contribution >= 0.6 is 0 Å². The molecule has 0 aliphatic rings. The molecule has 0 unspecified atom stereocenters. The van der Waals surface area contributed by atoms with Crippen molar-refractivity contribution in [2.75, 3.05) is 0 Å². The summed E-state index contributed by atoms with van der Waals surface area (Å²) in [5.41, 5.74) is -0.114. The van der Waals surface area contributed by atoms with Gasteiger partial charge in [0.15, 0.2) is 0 Å². The van der Waals surface area contributed by atoms with Crippen LogP contribution in [-0.2, 0) is 4.74 Å². The lowest BCUT2D eigenvalue weighted by Crippen LogP contribution is -2.27. The Morgan fingerprint density at radius 3 is 2.06 bits per heavy atom. The maximum atomic E-state index is 11.7. The summed E-state index contributed by atoms with van der Waals surface area (Å²) >= 11 is 0. The molecule has 0 bridgehead atoms. The van der Waals surface area contributed by atoms with Gasteiger partial charge < -0.3 is 14.9 Å². The van der Waals surface area contributed by atoms with Crippen molar-refractivity contribution in [1.82, 2.24) is 4.57 Å². The molecule has 90 valence electrons. The van der Waals surface area contributed by atoms with Gasteiger partial charge in [0.05, 0.1) is 11.3 Å². The fourth-order valence-corrected chi connectivity index (χ4v) is 1.34. The van der Waals surface area contributed by atoms with Crippen molar-refractivity contribution in [3.05, 3.63) is 11.3 Å². The van der Waals surface area contributed by atoms with Crippen LogP contribution in [-0.4, -0.2) is 26.5 Å². The maximum Gasteiger partial charge on any atom is 0.421 e. The second kappa shape index (κ2) is 3.73. The third-order valence-electron chi connectivity index (χ3n) is 2.16. The van der Waals surface area contributed by atoms with Crippen LogP contribution in [0.5, 0.6) is 11.6 Å². The molecule has 0 aliphatic heterocycles. The van der Waals surface area contributed by atoms with Gasteiger partial charge in [0.2, 0.25) is 5.88 Å². The number of aromatic nitrogens is 1. The first-order valence-electron chi connectivity index (χ1n) is 4.98. The second-order valence-corrected chi connectivity index (χ2v) is 4.70. The lowest BCUT2D eigenvalue weighted by molar-refractivity contribution is 0.0521. The molecule has 2 N–H and O–H groups in total. The molecule has 0 saturated heterocycles. The summed E-state index contributed by atoms with van der Waals surface area (Å²) in [6.45, 7) is 8.25. The van der Waals surface area contributed by atoms with Gasteiger partial charge in [-0.05, 0) is 34.6 Å². The molecule has 0 aromatic carbocycles. The number of hydrogen-bond donors (Lipinski definition) is 2. The predicted octanol–water partition coefficient (Wildman–Crippen LogP) is 2.30. The molecule has 0 saturated carbocycles. The minimum atomic E-state index is -0.703. The van der Waals surface area contributed by atoms with Crippen molar-refractivity contribution < 1.29 is 19.7 Å². The number of nitrogens with zero attached hydrogens (tertiary/aromatic N) is 1. The van der Waals surface area contributed by atoms with E-state index in [0.29, 0.717) is 0 Å². The van der Waals surface area contributed by atoms with Crippen molar-refractivity contribution in [1.29, 1.82) is 0 Å². The molecule has 0 fully saturated rings. The van der Waals surface area contributed by atoms with Crippen LogP contribution in [0.3, 0.4) is 0 Å². The highest BCUT2D eigenvalue weighted by Gasteiger charge is 2.25. The Balaban J connectivity index is 3.15. The zero-order chi connectivity index (χ0) is 12.7. The van der Waals surface area contributed by atoms with E-state index >= 15 is 0 Å². The average molecular weight is 227 g/mol. The molecular formula is C11H17NO4. The van der Waals surface area contributed by atoms with Crippen LogP contribution in [0, 0.1) is 13.8 Å². The fourth-order valence-electron chi connectivity index (χ4n) is 1.34. The monoisotopic (exact) mass is 227 g/mol. The Bertz CT molecular complexity index is 401. The van der Waals surface area contributed by atoms with Gasteiger partial charge in [0.25, 0.3) is 0 Å². The molecule has 5 nitrogen and oxygen atoms in total. The molecular weight excluding hydrogens is 210 g/mol. The van der Waals surface area contributed by atoms with Crippen LogP contribution in [0.2, 0.25) is 0 Å². The molecule has 1 aromatic heterocycles. The van der Waals surface area contributed by atoms with Crippen molar-refractivity contribution in [3.8, 4) is 11.6 Å². The van der Waals surface area contributed by atoms with E-state index in [4.69, 9.17) is 4.74 Å². The van der Waals surface area contributed by atoms with E-state index in [1.54, 1.807) is 20.8 Å². The highest BCUT2D eigenvalue weighted by Crippen LogP contribution is 2.33. The third-order valence-corrected chi connectivity index (χ3v) is 2.16. The van der Waals surface area contributed by atoms with E-state index in [-0.39, 0.29) is 22.9 Å². The second-order valence-electron chi connectivity index (χ2n) is 4.70. The SMILES string of the molecule is Cc1c(O)c(C)n(C(=O)OC(C)(C)C)c1O. The molecule has 0 atom stereocenters. The quantitative estimate of drug-likeness (QED) is 0.713. The zero-order valence-electron chi connectivity index (χ0n) is 10.2. The minimum absolute atomic E-state index is 0.0941. The van der Waals surface area contributed by atoms with Crippen LogP contribution in [0.4, 0.5) is 4.79 Å².